The van der Waals surface area contributed by atoms with Crippen molar-refractivity contribution in [3.8, 4) is 0 Å². The van der Waals surface area contributed by atoms with Crippen molar-refractivity contribution >= 4 is 34.9 Å². The number of nitrogens with one attached hydrogen (secondary N) is 2. The lowest BCUT2D eigenvalue weighted by Gasteiger charge is -2.29. The lowest BCUT2D eigenvalue weighted by molar-refractivity contribution is 0.122. The Morgan fingerprint density at radius 3 is 2.44 bits per heavy atom. The molecule has 2 saturated heterocycles. The van der Waals surface area contributed by atoms with Gasteiger partial charge in [0, 0.05) is 32.2 Å². The first-order valence-corrected chi connectivity index (χ1v) is 9.73. The van der Waals surface area contributed by atoms with Gasteiger partial charge in [-0.25, -0.2) is 0 Å². The quantitative estimate of drug-likeness (QED) is 0.748. The zero-order chi connectivity index (χ0) is 18.5. The van der Waals surface area contributed by atoms with E-state index in [-0.39, 0.29) is 0 Å². The van der Waals surface area contributed by atoms with Crippen molar-refractivity contribution in [2.75, 3.05) is 54.5 Å². The van der Waals surface area contributed by atoms with Gasteiger partial charge in [-0.15, -0.1) is 0 Å². The van der Waals surface area contributed by atoms with Gasteiger partial charge in [-0.2, -0.15) is 9.97 Å². The van der Waals surface area contributed by atoms with Gasteiger partial charge in [0.05, 0.1) is 26.0 Å². The molecule has 144 valence electrons. The molecule has 0 aromatic carbocycles. The molecule has 27 heavy (non-hydrogen) atoms. The Labute approximate surface area is 163 Å². The number of hydrogen-bond donors (Lipinski definition) is 2. The number of anilines is 3. The molecule has 2 aromatic rings. The first kappa shape index (κ1) is 18.0. The third-order valence-electron chi connectivity index (χ3n) is 4.69. The summed E-state index contributed by atoms with van der Waals surface area (Å²) < 4.78 is 10.8. The highest BCUT2D eigenvalue weighted by molar-refractivity contribution is 7.80. The van der Waals surface area contributed by atoms with Gasteiger partial charge in [0.2, 0.25) is 5.95 Å². The fourth-order valence-corrected chi connectivity index (χ4v) is 3.43. The summed E-state index contributed by atoms with van der Waals surface area (Å²) in [6.45, 7) is 5.67. The molecule has 0 saturated carbocycles. The van der Waals surface area contributed by atoms with Crippen LogP contribution < -0.4 is 20.4 Å². The van der Waals surface area contributed by atoms with E-state index in [9.17, 15) is 0 Å². The Balaban J connectivity index is 1.49. The van der Waals surface area contributed by atoms with Crippen LogP contribution in [0.5, 0.6) is 0 Å². The lowest BCUT2D eigenvalue weighted by Crippen LogP contribution is -2.37. The van der Waals surface area contributed by atoms with E-state index >= 15 is 0 Å². The molecule has 9 heteroatoms. The summed E-state index contributed by atoms with van der Waals surface area (Å²) in [4.78, 5) is 13.9. The van der Waals surface area contributed by atoms with Crippen molar-refractivity contribution in [2.45, 2.75) is 19.4 Å². The maximum Gasteiger partial charge on any atom is 0.232 e. The highest BCUT2D eigenvalue weighted by atomic mass is 32.1. The summed E-state index contributed by atoms with van der Waals surface area (Å²) >= 11 is 5.40. The fraction of sp³-hybridized carbons (Fsp3) is 0.500. The maximum atomic E-state index is 5.46. The summed E-state index contributed by atoms with van der Waals surface area (Å²) in [5, 5.41) is 6.71. The third kappa shape index (κ3) is 4.67. The average molecular weight is 388 g/mol. The molecule has 0 amide bonds. The van der Waals surface area contributed by atoms with Gasteiger partial charge < -0.3 is 29.6 Å². The second kappa shape index (κ2) is 8.53. The first-order chi connectivity index (χ1) is 13.3. The van der Waals surface area contributed by atoms with E-state index in [2.05, 4.69) is 31.5 Å². The molecule has 0 atom stereocenters. The molecule has 4 heterocycles. The number of hydrogen-bond acceptors (Lipinski definition) is 7. The highest BCUT2D eigenvalue weighted by Crippen LogP contribution is 2.24. The van der Waals surface area contributed by atoms with Crippen molar-refractivity contribution in [2.24, 2.45) is 0 Å². The lowest BCUT2D eigenvalue weighted by atomic mass is 10.4. The Morgan fingerprint density at radius 2 is 1.78 bits per heavy atom. The summed E-state index contributed by atoms with van der Waals surface area (Å²) in [6.07, 6.45) is 4.04. The second-order valence-corrected chi connectivity index (χ2v) is 7.00. The smallest absolute Gasteiger partial charge is 0.232 e. The Morgan fingerprint density at radius 1 is 1.07 bits per heavy atom. The minimum Gasteiger partial charge on any atom is -0.467 e. The molecule has 2 aromatic heterocycles. The molecule has 4 rings (SSSR count). The molecular formula is C18H24N6O2S. The van der Waals surface area contributed by atoms with Crippen LogP contribution in [-0.4, -0.2) is 54.5 Å². The number of rotatable bonds is 5. The van der Waals surface area contributed by atoms with Crippen LogP contribution >= 0.6 is 12.2 Å². The van der Waals surface area contributed by atoms with Gasteiger partial charge in [0.15, 0.2) is 5.11 Å². The molecule has 0 unspecified atom stereocenters. The van der Waals surface area contributed by atoms with Crippen LogP contribution in [-0.2, 0) is 11.3 Å². The van der Waals surface area contributed by atoms with E-state index in [0.29, 0.717) is 17.6 Å². The summed E-state index contributed by atoms with van der Waals surface area (Å²) in [6, 6.07) is 5.82. The third-order valence-corrected chi connectivity index (χ3v) is 4.94. The van der Waals surface area contributed by atoms with E-state index in [4.69, 9.17) is 26.4 Å². The number of furan rings is 1. The standard InChI is InChI=1S/C18H24N6O2S/c27-18(19-13-14-4-3-9-26-14)22-17-20-15(23-5-1-2-6-23)12-16(21-17)24-7-10-25-11-8-24/h3-4,9,12H,1-2,5-8,10-11,13H2,(H2,19,20,21,22,27). The molecule has 2 aliphatic rings. The highest BCUT2D eigenvalue weighted by Gasteiger charge is 2.20. The zero-order valence-corrected chi connectivity index (χ0v) is 16.0. The second-order valence-electron chi connectivity index (χ2n) is 6.59. The molecule has 8 nitrogen and oxygen atoms in total. The van der Waals surface area contributed by atoms with E-state index in [1.165, 1.54) is 12.8 Å². The predicted octanol–water partition coefficient (Wildman–Crippen LogP) is 1.99. The van der Waals surface area contributed by atoms with Gasteiger partial charge in [-0.1, -0.05) is 0 Å². The van der Waals surface area contributed by atoms with Crippen molar-refractivity contribution < 1.29 is 9.15 Å². The van der Waals surface area contributed by atoms with Crippen LogP contribution in [0, 0.1) is 0 Å². The van der Waals surface area contributed by atoms with E-state index < -0.39 is 0 Å². The van der Waals surface area contributed by atoms with E-state index in [0.717, 1.165) is 56.8 Å². The van der Waals surface area contributed by atoms with Crippen molar-refractivity contribution in [3.63, 3.8) is 0 Å². The van der Waals surface area contributed by atoms with Gasteiger partial charge in [0.1, 0.15) is 17.4 Å². The Kier molecular flexibility index (Phi) is 5.69. The molecule has 0 bridgehead atoms. The Hall–Kier alpha value is -2.39. The minimum absolute atomic E-state index is 0.470. The number of aromatic nitrogens is 2. The Bertz CT molecular complexity index is 757. The van der Waals surface area contributed by atoms with Gasteiger partial charge in [-0.05, 0) is 37.2 Å². The van der Waals surface area contributed by atoms with Crippen molar-refractivity contribution in [1.29, 1.82) is 0 Å². The molecule has 2 N–H and O–H groups in total. The van der Waals surface area contributed by atoms with Crippen molar-refractivity contribution in [1.82, 2.24) is 15.3 Å². The maximum absolute atomic E-state index is 5.46. The van der Waals surface area contributed by atoms with E-state index in [1.807, 2.05) is 12.1 Å². The predicted molar refractivity (Wildman–Crippen MR) is 108 cm³/mol. The molecule has 0 aliphatic carbocycles. The van der Waals surface area contributed by atoms with Crippen molar-refractivity contribution in [3.05, 3.63) is 30.2 Å². The zero-order valence-electron chi connectivity index (χ0n) is 15.2. The SMILES string of the molecule is S=C(NCc1ccco1)Nc1nc(N2CCCC2)cc(N2CCOCC2)n1. The van der Waals surface area contributed by atoms with Gasteiger partial charge in [0.25, 0.3) is 0 Å². The molecule has 0 spiro atoms. The normalized spacial score (nSPS) is 17.2. The van der Waals surface area contributed by atoms with Crippen LogP contribution in [0.15, 0.2) is 28.9 Å². The van der Waals surface area contributed by atoms with Crippen LogP contribution in [0.25, 0.3) is 0 Å². The number of morpholine rings is 1. The van der Waals surface area contributed by atoms with Crippen LogP contribution in [0.3, 0.4) is 0 Å². The molecule has 0 radical (unpaired) electrons. The monoisotopic (exact) mass is 388 g/mol. The summed E-state index contributed by atoms with van der Waals surface area (Å²) in [5.41, 5.74) is 0. The molecule has 2 aliphatic heterocycles. The fourth-order valence-electron chi connectivity index (χ4n) is 3.27. The van der Waals surface area contributed by atoms with Gasteiger partial charge >= 0.3 is 0 Å². The summed E-state index contributed by atoms with van der Waals surface area (Å²) in [7, 11) is 0. The van der Waals surface area contributed by atoms with Crippen LogP contribution in [0.4, 0.5) is 17.6 Å². The first-order valence-electron chi connectivity index (χ1n) is 9.32. The molecule has 2 fully saturated rings. The summed E-state index contributed by atoms with van der Waals surface area (Å²) in [5.74, 6) is 3.18. The van der Waals surface area contributed by atoms with Gasteiger partial charge in [-0.3, -0.25) is 0 Å². The number of nitrogens with zero attached hydrogens (tertiary/aromatic N) is 4. The van der Waals surface area contributed by atoms with Crippen LogP contribution in [0.1, 0.15) is 18.6 Å². The number of thiocarbonyl (C=S) groups is 1. The average Bonchev–Trinajstić information content (AvgIpc) is 3.41. The topological polar surface area (TPSA) is 78.7 Å². The molecular weight excluding hydrogens is 364 g/mol. The minimum atomic E-state index is 0.470. The number of ether oxygens (including phenoxy) is 1. The van der Waals surface area contributed by atoms with Crippen LogP contribution in [0.2, 0.25) is 0 Å². The van der Waals surface area contributed by atoms with E-state index in [1.54, 1.807) is 6.26 Å². The largest absolute Gasteiger partial charge is 0.467 e.